The van der Waals surface area contributed by atoms with E-state index in [0.29, 0.717) is 11.3 Å². The van der Waals surface area contributed by atoms with Crippen LogP contribution < -0.4 is 4.74 Å². The molecule has 0 heterocycles. The third kappa shape index (κ3) is 3.98. The van der Waals surface area contributed by atoms with Crippen molar-refractivity contribution in [3.8, 4) is 17.6 Å². The Morgan fingerprint density at radius 1 is 1.40 bits per heavy atom. The lowest BCUT2D eigenvalue weighted by Gasteiger charge is -2.04. The average Bonchev–Trinajstić information content (AvgIpc) is 2.23. The summed E-state index contributed by atoms with van der Waals surface area (Å²) in [7, 11) is 1.48. The van der Waals surface area contributed by atoms with Gasteiger partial charge in [0, 0.05) is 18.7 Å². The van der Waals surface area contributed by atoms with Crippen LogP contribution in [0, 0.1) is 17.7 Å². The number of hydrogen-bond acceptors (Lipinski definition) is 3. The Balaban J connectivity index is 2.84. The average molecular weight is 210 g/mol. The first-order chi connectivity index (χ1) is 7.26. The summed E-state index contributed by atoms with van der Waals surface area (Å²) in [6.45, 7) is -0.207. The van der Waals surface area contributed by atoms with Crippen LogP contribution in [-0.4, -0.2) is 25.6 Å². The van der Waals surface area contributed by atoms with Crippen molar-refractivity contribution in [2.45, 2.75) is 0 Å². The van der Waals surface area contributed by atoms with E-state index in [9.17, 15) is 4.39 Å². The number of ether oxygens (including phenoxy) is 2. The molecule has 0 atom stereocenters. The second-order valence-corrected chi connectivity index (χ2v) is 2.69. The largest absolute Gasteiger partial charge is 0.467 e. The van der Waals surface area contributed by atoms with Crippen LogP contribution in [0.5, 0.6) is 5.75 Å². The van der Waals surface area contributed by atoms with E-state index in [1.54, 1.807) is 6.07 Å². The molecule has 1 rings (SSSR count). The highest BCUT2D eigenvalue weighted by atomic mass is 19.1. The van der Waals surface area contributed by atoms with Gasteiger partial charge in [-0.1, -0.05) is 11.8 Å². The normalized spacial score (nSPS) is 9.27. The molecule has 0 radical (unpaired) electrons. The first kappa shape index (κ1) is 11.5. The van der Waals surface area contributed by atoms with Gasteiger partial charge in [0.25, 0.3) is 0 Å². The molecule has 15 heavy (non-hydrogen) atoms. The molecule has 0 aromatic heterocycles. The van der Waals surface area contributed by atoms with E-state index in [4.69, 9.17) is 9.84 Å². The minimum absolute atomic E-state index is 0.0519. The van der Waals surface area contributed by atoms with Crippen LogP contribution in [0.25, 0.3) is 0 Å². The number of methoxy groups -OCH3 is 1. The van der Waals surface area contributed by atoms with Crippen molar-refractivity contribution in [2.24, 2.45) is 0 Å². The van der Waals surface area contributed by atoms with Crippen LogP contribution in [0.4, 0.5) is 4.39 Å². The Morgan fingerprint density at radius 3 is 2.87 bits per heavy atom. The second-order valence-electron chi connectivity index (χ2n) is 2.69. The summed E-state index contributed by atoms with van der Waals surface area (Å²) in [5, 5.41) is 8.49. The van der Waals surface area contributed by atoms with Crippen molar-refractivity contribution in [1.82, 2.24) is 0 Å². The second kappa shape index (κ2) is 6.02. The Hall–Kier alpha value is -1.57. The van der Waals surface area contributed by atoms with Gasteiger partial charge in [0.1, 0.15) is 18.2 Å². The summed E-state index contributed by atoms with van der Waals surface area (Å²) in [6.07, 6.45) is 0. The SMILES string of the molecule is COCOc1cc(F)cc(C#CCO)c1. The molecule has 80 valence electrons. The molecule has 0 bridgehead atoms. The molecule has 0 aliphatic heterocycles. The summed E-state index contributed by atoms with van der Waals surface area (Å²) in [6, 6.07) is 4.08. The highest BCUT2D eigenvalue weighted by molar-refractivity contribution is 5.40. The Bertz CT molecular complexity index is 379. The van der Waals surface area contributed by atoms with Crippen molar-refractivity contribution in [2.75, 3.05) is 20.5 Å². The van der Waals surface area contributed by atoms with Crippen molar-refractivity contribution in [3.05, 3.63) is 29.6 Å². The van der Waals surface area contributed by atoms with Gasteiger partial charge in [0.15, 0.2) is 6.79 Å². The summed E-state index contributed by atoms with van der Waals surface area (Å²) in [5.41, 5.74) is 0.454. The minimum atomic E-state index is -0.439. The number of benzene rings is 1. The van der Waals surface area contributed by atoms with Crippen molar-refractivity contribution in [1.29, 1.82) is 0 Å². The first-order valence-electron chi connectivity index (χ1n) is 4.28. The molecule has 0 saturated carbocycles. The zero-order valence-electron chi connectivity index (χ0n) is 8.29. The van der Waals surface area contributed by atoms with E-state index < -0.39 is 5.82 Å². The van der Waals surface area contributed by atoms with Gasteiger partial charge in [-0.3, -0.25) is 0 Å². The molecule has 4 heteroatoms. The number of rotatable bonds is 3. The molecule has 0 amide bonds. The van der Waals surface area contributed by atoms with E-state index in [1.807, 2.05) is 0 Å². The van der Waals surface area contributed by atoms with Crippen LogP contribution in [-0.2, 0) is 4.74 Å². The molecule has 0 unspecified atom stereocenters. The molecule has 0 spiro atoms. The van der Waals surface area contributed by atoms with Crippen LogP contribution in [0.2, 0.25) is 0 Å². The highest BCUT2D eigenvalue weighted by Crippen LogP contribution is 2.15. The third-order valence-corrected chi connectivity index (χ3v) is 1.53. The fraction of sp³-hybridized carbons (Fsp3) is 0.273. The van der Waals surface area contributed by atoms with E-state index in [2.05, 4.69) is 16.6 Å². The van der Waals surface area contributed by atoms with E-state index in [0.717, 1.165) is 0 Å². The van der Waals surface area contributed by atoms with E-state index in [-0.39, 0.29) is 13.4 Å². The quantitative estimate of drug-likeness (QED) is 0.601. The van der Waals surface area contributed by atoms with Gasteiger partial charge < -0.3 is 14.6 Å². The number of aliphatic hydroxyl groups is 1. The van der Waals surface area contributed by atoms with Crippen molar-refractivity contribution < 1.29 is 19.0 Å². The van der Waals surface area contributed by atoms with Gasteiger partial charge in [-0.2, -0.15) is 0 Å². The zero-order valence-corrected chi connectivity index (χ0v) is 8.29. The van der Waals surface area contributed by atoms with Crippen LogP contribution >= 0.6 is 0 Å². The molecule has 1 N–H and O–H groups in total. The first-order valence-corrected chi connectivity index (χ1v) is 4.28. The highest BCUT2D eigenvalue weighted by Gasteiger charge is 1.99. The lowest BCUT2D eigenvalue weighted by Crippen LogP contribution is -1.99. The molecule has 0 fully saturated rings. The summed E-state index contributed by atoms with van der Waals surface area (Å²) >= 11 is 0. The third-order valence-electron chi connectivity index (χ3n) is 1.53. The zero-order chi connectivity index (χ0) is 11.1. The molecule has 0 saturated heterocycles. The van der Waals surface area contributed by atoms with Crippen LogP contribution in [0.3, 0.4) is 0 Å². The van der Waals surface area contributed by atoms with Gasteiger partial charge in [0.05, 0.1) is 0 Å². The topological polar surface area (TPSA) is 38.7 Å². The van der Waals surface area contributed by atoms with Crippen LogP contribution in [0.15, 0.2) is 18.2 Å². The predicted octanol–water partition coefficient (Wildman–Crippen LogP) is 1.15. The maximum absolute atomic E-state index is 13.0. The van der Waals surface area contributed by atoms with Crippen molar-refractivity contribution in [3.63, 3.8) is 0 Å². The Labute approximate surface area is 87.4 Å². The van der Waals surface area contributed by atoms with Crippen LogP contribution in [0.1, 0.15) is 5.56 Å². The lowest BCUT2D eigenvalue weighted by molar-refractivity contribution is 0.0509. The number of halogens is 1. The van der Waals surface area contributed by atoms with Gasteiger partial charge in [0.2, 0.25) is 0 Å². The molecular formula is C11H11FO3. The van der Waals surface area contributed by atoms with E-state index in [1.165, 1.54) is 19.2 Å². The molecule has 1 aromatic carbocycles. The monoisotopic (exact) mass is 210 g/mol. The molecular weight excluding hydrogens is 199 g/mol. The summed E-state index contributed by atoms with van der Waals surface area (Å²) < 4.78 is 22.8. The van der Waals surface area contributed by atoms with Gasteiger partial charge in [-0.25, -0.2) is 4.39 Å². The number of hydrogen-bond donors (Lipinski definition) is 1. The molecule has 0 aliphatic rings. The molecule has 3 nitrogen and oxygen atoms in total. The fourth-order valence-corrected chi connectivity index (χ4v) is 0.987. The molecule has 1 aromatic rings. The van der Waals surface area contributed by atoms with E-state index >= 15 is 0 Å². The fourth-order valence-electron chi connectivity index (χ4n) is 0.987. The number of aliphatic hydroxyl groups excluding tert-OH is 1. The lowest BCUT2D eigenvalue weighted by atomic mass is 10.2. The maximum Gasteiger partial charge on any atom is 0.188 e. The standard InChI is InChI=1S/C11H11FO3/c1-14-8-15-11-6-9(3-2-4-13)5-10(12)7-11/h5-7,13H,4,8H2,1H3. The summed E-state index contributed by atoms with van der Waals surface area (Å²) in [4.78, 5) is 0. The van der Waals surface area contributed by atoms with Gasteiger partial charge >= 0.3 is 0 Å². The molecule has 0 aliphatic carbocycles. The van der Waals surface area contributed by atoms with Gasteiger partial charge in [-0.15, -0.1) is 0 Å². The minimum Gasteiger partial charge on any atom is -0.467 e. The summed E-state index contributed by atoms with van der Waals surface area (Å²) in [5.74, 6) is 4.93. The maximum atomic E-state index is 13.0. The van der Waals surface area contributed by atoms with Crippen molar-refractivity contribution >= 4 is 0 Å². The Kier molecular flexibility index (Phi) is 4.61. The van der Waals surface area contributed by atoms with Gasteiger partial charge in [-0.05, 0) is 12.1 Å². The predicted molar refractivity (Wildman–Crippen MR) is 52.9 cm³/mol. The smallest absolute Gasteiger partial charge is 0.188 e. The Morgan fingerprint density at radius 2 is 2.20 bits per heavy atom.